The smallest absolute Gasteiger partial charge is 0.239 e. The first-order chi connectivity index (χ1) is 11.7. The zero-order valence-electron chi connectivity index (χ0n) is 13.7. The quantitative estimate of drug-likeness (QED) is 0.850. The van der Waals surface area contributed by atoms with Crippen molar-refractivity contribution in [1.29, 1.82) is 0 Å². The van der Waals surface area contributed by atoms with Gasteiger partial charge < -0.3 is 15.0 Å². The second-order valence-electron chi connectivity index (χ2n) is 6.23. The fraction of sp³-hybridized carbons (Fsp3) is 0.588. The van der Waals surface area contributed by atoms with Crippen molar-refractivity contribution in [3.8, 4) is 5.88 Å². The first-order valence-electron chi connectivity index (χ1n) is 8.44. The molecule has 1 aromatic heterocycles. The Morgan fingerprint density at radius 2 is 2.21 bits per heavy atom. The van der Waals surface area contributed by atoms with Crippen molar-refractivity contribution in [2.24, 2.45) is 0 Å². The van der Waals surface area contributed by atoms with Gasteiger partial charge in [-0.25, -0.2) is 4.98 Å². The Kier molecular flexibility index (Phi) is 5.96. The number of carbonyl (C=O) groups is 2. The lowest BCUT2D eigenvalue weighted by atomic mass is 9.98. The molecule has 130 valence electrons. The summed E-state index contributed by atoms with van der Waals surface area (Å²) in [6, 6.07) is 3.75. The Morgan fingerprint density at radius 1 is 1.38 bits per heavy atom. The molecule has 0 aromatic carbocycles. The summed E-state index contributed by atoms with van der Waals surface area (Å²) in [5.74, 6) is 1.58. The summed E-state index contributed by atoms with van der Waals surface area (Å²) in [7, 11) is 0. The van der Waals surface area contributed by atoms with Gasteiger partial charge in [0.05, 0.1) is 11.6 Å². The van der Waals surface area contributed by atoms with Crippen molar-refractivity contribution in [3.05, 3.63) is 23.9 Å². The van der Waals surface area contributed by atoms with Gasteiger partial charge in [-0.3, -0.25) is 9.59 Å². The average molecular weight is 349 g/mol. The molecule has 1 saturated heterocycles. The van der Waals surface area contributed by atoms with E-state index >= 15 is 0 Å². The molecule has 2 aliphatic rings. The van der Waals surface area contributed by atoms with Crippen LogP contribution in [-0.2, 0) is 16.1 Å². The molecule has 1 N–H and O–H groups in total. The lowest BCUT2D eigenvalue weighted by molar-refractivity contribution is -0.132. The molecular formula is C17H23N3O3S. The molecule has 7 heteroatoms. The minimum Gasteiger partial charge on any atom is -0.474 e. The molecule has 1 aliphatic heterocycles. The first-order valence-corrected chi connectivity index (χ1v) is 9.60. The molecule has 0 spiro atoms. The minimum atomic E-state index is -0.141. The molecule has 0 bridgehead atoms. The van der Waals surface area contributed by atoms with E-state index in [1.54, 1.807) is 11.1 Å². The largest absolute Gasteiger partial charge is 0.474 e. The second-order valence-corrected chi connectivity index (χ2v) is 7.18. The van der Waals surface area contributed by atoms with Gasteiger partial charge in [-0.15, -0.1) is 11.8 Å². The molecule has 0 unspecified atom stereocenters. The molecule has 3 rings (SSSR count). The Balaban J connectivity index is 1.47. The van der Waals surface area contributed by atoms with E-state index in [1.807, 2.05) is 12.1 Å². The second kappa shape index (κ2) is 8.37. The van der Waals surface area contributed by atoms with E-state index < -0.39 is 0 Å². The van der Waals surface area contributed by atoms with Crippen LogP contribution in [0.1, 0.15) is 37.7 Å². The van der Waals surface area contributed by atoms with Gasteiger partial charge in [0.15, 0.2) is 0 Å². The maximum atomic E-state index is 12.0. The highest BCUT2D eigenvalue weighted by molar-refractivity contribution is 8.00. The van der Waals surface area contributed by atoms with Crippen LogP contribution >= 0.6 is 11.8 Å². The van der Waals surface area contributed by atoms with Gasteiger partial charge in [0.25, 0.3) is 0 Å². The van der Waals surface area contributed by atoms with Crippen LogP contribution in [0, 0.1) is 0 Å². The Labute approximate surface area is 146 Å². The summed E-state index contributed by atoms with van der Waals surface area (Å²) in [5, 5.41) is 2.85. The summed E-state index contributed by atoms with van der Waals surface area (Å²) in [5.41, 5.74) is 0.950. The number of carbonyl (C=O) groups excluding carboxylic acids is 2. The molecule has 24 heavy (non-hydrogen) atoms. The Hall–Kier alpha value is -1.76. The third-order valence-electron chi connectivity index (χ3n) is 4.29. The van der Waals surface area contributed by atoms with E-state index in [0.29, 0.717) is 24.1 Å². The van der Waals surface area contributed by atoms with Crippen LogP contribution in [0.3, 0.4) is 0 Å². The molecule has 0 atom stereocenters. The molecule has 1 saturated carbocycles. The zero-order valence-corrected chi connectivity index (χ0v) is 14.5. The number of pyridine rings is 1. The van der Waals surface area contributed by atoms with Gasteiger partial charge in [-0.2, -0.15) is 0 Å². The molecule has 2 fully saturated rings. The van der Waals surface area contributed by atoms with Gasteiger partial charge in [0, 0.05) is 18.8 Å². The highest BCUT2D eigenvalue weighted by Gasteiger charge is 2.22. The van der Waals surface area contributed by atoms with Gasteiger partial charge in [0.2, 0.25) is 17.7 Å². The normalized spacial score (nSPS) is 18.7. The SMILES string of the molecule is O=C(CN1CSCC1=O)NCc1ccnc(OC2CCCCC2)c1. The summed E-state index contributed by atoms with van der Waals surface area (Å²) < 4.78 is 5.94. The Morgan fingerprint density at radius 3 is 2.96 bits per heavy atom. The van der Waals surface area contributed by atoms with Crippen molar-refractivity contribution >= 4 is 23.6 Å². The van der Waals surface area contributed by atoms with Crippen molar-refractivity contribution in [1.82, 2.24) is 15.2 Å². The van der Waals surface area contributed by atoms with Gasteiger partial charge in [0.1, 0.15) is 12.6 Å². The van der Waals surface area contributed by atoms with Crippen molar-refractivity contribution in [2.75, 3.05) is 18.2 Å². The average Bonchev–Trinajstić information content (AvgIpc) is 2.99. The number of amides is 2. The van der Waals surface area contributed by atoms with Crippen molar-refractivity contribution in [3.63, 3.8) is 0 Å². The van der Waals surface area contributed by atoms with Crippen LogP contribution in [0.2, 0.25) is 0 Å². The molecule has 1 aromatic rings. The van der Waals surface area contributed by atoms with Crippen LogP contribution in [-0.4, -0.2) is 46.0 Å². The van der Waals surface area contributed by atoms with E-state index in [2.05, 4.69) is 10.3 Å². The van der Waals surface area contributed by atoms with Gasteiger partial charge in [-0.05, 0) is 37.3 Å². The van der Waals surface area contributed by atoms with E-state index in [0.717, 1.165) is 18.4 Å². The van der Waals surface area contributed by atoms with Crippen LogP contribution < -0.4 is 10.1 Å². The fourth-order valence-electron chi connectivity index (χ4n) is 2.95. The Bertz CT molecular complexity index is 590. The molecule has 2 heterocycles. The minimum absolute atomic E-state index is 0.0298. The number of nitrogens with one attached hydrogen (secondary N) is 1. The zero-order chi connectivity index (χ0) is 16.8. The lowest BCUT2D eigenvalue weighted by Crippen LogP contribution is -2.37. The lowest BCUT2D eigenvalue weighted by Gasteiger charge is -2.22. The first kappa shape index (κ1) is 17.1. The monoisotopic (exact) mass is 349 g/mol. The number of rotatable bonds is 6. The molecule has 2 amide bonds. The van der Waals surface area contributed by atoms with Crippen molar-refractivity contribution in [2.45, 2.75) is 44.8 Å². The number of thioether (sulfide) groups is 1. The van der Waals surface area contributed by atoms with Crippen LogP contribution in [0.25, 0.3) is 0 Å². The summed E-state index contributed by atoms with van der Waals surface area (Å²) in [6.45, 7) is 0.542. The van der Waals surface area contributed by atoms with E-state index in [1.165, 1.54) is 31.0 Å². The van der Waals surface area contributed by atoms with Crippen LogP contribution in [0.5, 0.6) is 5.88 Å². The van der Waals surface area contributed by atoms with Gasteiger partial charge >= 0.3 is 0 Å². The number of hydrogen-bond acceptors (Lipinski definition) is 5. The van der Waals surface area contributed by atoms with E-state index in [4.69, 9.17) is 4.74 Å². The number of nitrogens with zero attached hydrogens (tertiary/aromatic N) is 2. The molecule has 6 nitrogen and oxygen atoms in total. The van der Waals surface area contributed by atoms with E-state index in [-0.39, 0.29) is 24.5 Å². The summed E-state index contributed by atoms with van der Waals surface area (Å²) >= 11 is 1.54. The maximum absolute atomic E-state index is 12.0. The molecule has 0 radical (unpaired) electrons. The summed E-state index contributed by atoms with van der Waals surface area (Å²) in [4.78, 5) is 29.3. The predicted octanol–water partition coefficient (Wildman–Crippen LogP) is 1.94. The predicted molar refractivity (Wildman–Crippen MR) is 92.6 cm³/mol. The molecule has 1 aliphatic carbocycles. The maximum Gasteiger partial charge on any atom is 0.239 e. The van der Waals surface area contributed by atoms with Crippen LogP contribution in [0.15, 0.2) is 18.3 Å². The third kappa shape index (κ3) is 4.87. The highest BCUT2D eigenvalue weighted by atomic mass is 32.2. The van der Waals surface area contributed by atoms with Gasteiger partial charge in [-0.1, -0.05) is 6.42 Å². The standard InChI is InChI=1S/C17H23N3O3S/c21-15(10-20-12-24-11-17(20)22)19-9-13-6-7-18-16(8-13)23-14-4-2-1-3-5-14/h6-8,14H,1-5,9-12H2,(H,19,21). The third-order valence-corrected chi connectivity index (χ3v) is 5.23. The van der Waals surface area contributed by atoms with Crippen LogP contribution in [0.4, 0.5) is 0 Å². The number of hydrogen-bond donors (Lipinski definition) is 1. The molecular weight excluding hydrogens is 326 g/mol. The van der Waals surface area contributed by atoms with Crippen molar-refractivity contribution < 1.29 is 14.3 Å². The topological polar surface area (TPSA) is 71.5 Å². The number of aromatic nitrogens is 1. The van der Waals surface area contributed by atoms with E-state index in [9.17, 15) is 9.59 Å². The summed E-state index contributed by atoms with van der Waals surface area (Å²) in [6.07, 6.45) is 7.86. The highest BCUT2D eigenvalue weighted by Crippen LogP contribution is 2.22. The fourth-order valence-corrected chi connectivity index (χ4v) is 3.85. The number of ether oxygens (including phenoxy) is 1.